The number of hydrogen-bond acceptors (Lipinski definition) is 6. The van der Waals surface area contributed by atoms with Crippen LogP contribution >= 0.6 is 0 Å². The highest BCUT2D eigenvalue weighted by Crippen LogP contribution is 2.30. The van der Waals surface area contributed by atoms with Crippen LogP contribution in [0.3, 0.4) is 0 Å². The van der Waals surface area contributed by atoms with Crippen molar-refractivity contribution < 1.29 is 23.8 Å². The zero-order valence-electron chi connectivity index (χ0n) is 11.9. The van der Waals surface area contributed by atoms with Crippen molar-refractivity contribution >= 4 is 28.6 Å². The van der Waals surface area contributed by atoms with E-state index in [1.807, 2.05) is 0 Å². The number of aromatic hydroxyl groups is 1. The SMILES string of the molecule is COC(=O)C1=COC=Cc2oc3cc(C)cc(O)c3c(=O)c21. The Labute approximate surface area is 124 Å². The van der Waals surface area contributed by atoms with Crippen LogP contribution in [-0.2, 0) is 14.3 Å². The molecule has 0 spiro atoms. The van der Waals surface area contributed by atoms with Gasteiger partial charge in [0, 0.05) is 6.08 Å². The standard InChI is InChI=1S/C16H12O6/c1-8-5-10(17)14-12(6-8)22-11-3-4-21-7-9(16(19)20-2)13(11)15(14)18/h3-7,17H,1-2H3. The van der Waals surface area contributed by atoms with E-state index in [-0.39, 0.29) is 33.6 Å². The molecule has 1 N–H and O–H groups in total. The second-order valence-corrected chi connectivity index (χ2v) is 4.79. The number of hydrogen-bond donors (Lipinski definition) is 1. The molecule has 0 bridgehead atoms. The molecule has 0 saturated carbocycles. The summed E-state index contributed by atoms with van der Waals surface area (Å²) in [6.07, 6.45) is 3.84. The van der Waals surface area contributed by atoms with Crippen molar-refractivity contribution in [1.29, 1.82) is 0 Å². The molecule has 2 aromatic rings. The first kappa shape index (κ1) is 13.9. The summed E-state index contributed by atoms with van der Waals surface area (Å²) in [5, 5.41) is 10.1. The van der Waals surface area contributed by atoms with E-state index < -0.39 is 11.4 Å². The van der Waals surface area contributed by atoms with Crippen LogP contribution in [0.1, 0.15) is 16.9 Å². The van der Waals surface area contributed by atoms with Crippen LogP contribution in [0.4, 0.5) is 0 Å². The zero-order chi connectivity index (χ0) is 15.9. The summed E-state index contributed by atoms with van der Waals surface area (Å²) in [4.78, 5) is 24.6. The van der Waals surface area contributed by atoms with E-state index in [9.17, 15) is 14.7 Å². The molecular formula is C16H12O6. The van der Waals surface area contributed by atoms with Crippen LogP contribution in [0.25, 0.3) is 22.6 Å². The second-order valence-electron chi connectivity index (χ2n) is 4.79. The van der Waals surface area contributed by atoms with Crippen LogP contribution in [0.15, 0.2) is 33.9 Å². The lowest BCUT2D eigenvalue weighted by Crippen LogP contribution is -2.16. The van der Waals surface area contributed by atoms with Crippen LogP contribution in [-0.4, -0.2) is 18.2 Å². The third kappa shape index (κ3) is 2.05. The summed E-state index contributed by atoms with van der Waals surface area (Å²) in [6, 6.07) is 3.09. The molecule has 3 rings (SSSR count). The van der Waals surface area contributed by atoms with E-state index in [1.54, 1.807) is 13.0 Å². The van der Waals surface area contributed by atoms with Gasteiger partial charge in [-0.2, -0.15) is 0 Å². The topological polar surface area (TPSA) is 86.0 Å². The van der Waals surface area contributed by atoms with Gasteiger partial charge >= 0.3 is 5.97 Å². The number of benzene rings is 1. The normalized spacial score (nSPS) is 13.1. The van der Waals surface area contributed by atoms with E-state index in [0.29, 0.717) is 0 Å². The predicted molar refractivity (Wildman–Crippen MR) is 79.0 cm³/mol. The number of fused-ring (bicyclic) bond motifs is 2. The highest BCUT2D eigenvalue weighted by atomic mass is 16.5. The third-order valence-corrected chi connectivity index (χ3v) is 3.30. The molecule has 1 aliphatic heterocycles. The van der Waals surface area contributed by atoms with Gasteiger partial charge in [-0.1, -0.05) is 0 Å². The summed E-state index contributed by atoms with van der Waals surface area (Å²) in [7, 11) is 1.20. The highest BCUT2D eigenvalue weighted by Gasteiger charge is 2.25. The minimum atomic E-state index is -0.733. The van der Waals surface area contributed by atoms with Crippen molar-refractivity contribution in [3.63, 3.8) is 0 Å². The van der Waals surface area contributed by atoms with Crippen molar-refractivity contribution in [2.45, 2.75) is 6.92 Å². The van der Waals surface area contributed by atoms with Crippen LogP contribution in [0, 0.1) is 6.92 Å². The first-order valence-corrected chi connectivity index (χ1v) is 6.44. The number of phenolic OH excluding ortho intramolecular Hbond substituents is 1. The quantitative estimate of drug-likeness (QED) is 0.813. The Morgan fingerprint density at radius 2 is 2.09 bits per heavy atom. The number of ether oxygens (including phenoxy) is 2. The molecular weight excluding hydrogens is 288 g/mol. The fraction of sp³-hybridized carbons (Fsp3) is 0.125. The maximum absolute atomic E-state index is 12.7. The van der Waals surface area contributed by atoms with Gasteiger partial charge in [0.2, 0.25) is 5.43 Å². The smallest absolute Gasteiger partial charge is 0.341 e. The van der Waals surface area contributed by atoms with Gasteiger partial charge in [-0.25, -0.2) is 4.79 Å². The lowest BCUT2D eigenvalue weighted by molar-refractivity contribution is -0.133. The minimum Gasteiger partial charge on any atom is -0.507 e. The molecule has 0 aliphatic carbocycles. The molecule has 6 heteroatoms. The van der Waals surface area contributed by atoms with E-state index in [1.165, 1.54) is 25.5 Å². The van der Waals surface area contributed by atoms with Crippen molar-refractivity contribution in [3.05, 3.63) is 51.8 Å². The summed E-state index contributed by atoms with van der Waals surface area (Å²) < 4.78 is 15.4. The van der Waals surface area contributed by atoms with Crippen LogP contribution < -0.4 is 5.43 Å². The molecule has 1 aliphatic rings. The van der Waals surface area contributed by atoms with Gasteiger partial charge in [-0.3, -0.25) is 4.79 Å². The van der Waals surface area contributed by atoms with Crippen LogP contribution in [0.2, 0.25) is 0 Å². The number of carbonyl (C=O) groups excluding carboxylic acids is 1. The zero-order valence-corrected chi connectivity index (χ0v) is 11.9. The van der Waals surface area contributed by atoms with Gasteiger partial charge < -0.3 is 19.0 Å². The molecule has 112 valence electrons. The van der Waals surface area contributed by atoms with Crippen molar-refractivity contribution in [2.24, 2.45) is 0 Å². The number of rotatable bonds is 1. The molecule has 1 aromatic carbocycles. The van der Waals surface area contributed by atoms with Gasteiger partial charge in [-0.15, -0.1) is 0 Å². The third-order valence-electron chi connectivity index (χ3n) is 3.30. The lowest BCUT2D eigenvalue weighted by Gasteiger charge is -2.09. The fourth-order valence-electron chi connectivity index (χ4n) is 2.35. The van der Waals surface area contributed by atoms with Crippen molar-refractivity contribution in [2.75, 3.05) is 7.11 Å². The van der Waals surface area contributed by atoms with Crippen molar-refractivity contribution in [3.8, 4) is 5.75 Å². The Morgan fingerprint density at radius 3 is 2.82 bits per heavy atom. The molecule has 0 unspecified atom stereocenters. The summed E-state index contributed by atoms with van der Waals surface area (Å²) in [5.41, 5.74) is 0.369. The second kappa shape index (κ2) is 5.07. The average molecular weight is 300 g/mol. The largest absolute Gasteiger partial charge is 0.507 e. The molecule has 0 fully saturated rings. The highest BCUT2D eigenvalue weighted by molar-refractivity contribution is 6.17. The van der Waals surface area contributed by atoms with E-state index in [0.717, 1.165) is 11.8 Å². The number of esters is 1. The van der Waals surface area contributed by atoms with Gasteiger partial charge in [0.05, 0.1) is 18.9 Å². The average Bonchev–Trinajstić information content (AvgIpc) is 2.68. The molecule has 2 heterocycles. The maximum Gasteiger partial charge on any atom is 0.341 e. The monoisotopic (exact) mass is 300 g/mol. The van der Waals surface area contributed by atoms with Crippen molar-refractivity contribution in [1.82, 2.24) is 0 Å². The Bertz CT molecular complexity index is 901. The Balaban J connectivity index is 2.44. The molecule has 0 saturated heterocycles. The lowest BCUT2D eigenvalue weighted by atomic mass is 10.0. The number of phenols is 1. The molecule has 22 heavy (non-hydrogen) atoms. The molecule has 6 nitrogen and oxygen atoms in total. The minimum absolute atomic E-state index is 0.00717. The first-order chi connectivity index (χ1) is 10.5. The van der Waals surface area contributed by atoms with E-state index in [4.69, 9.17) is 9.15 Å². The fourth-order valence-corrected chi connectivity index (χ4v) is 2.35. The van der Waals surface area contributed by atoms with Gasteiger partial charge in [0.1, 0.15) is 34.3 Å². The summed E-state index contributed by atoms with van der Waals surface area (Å²) in [5.74, 6) is -0.773. The molecule has 0 amide bonds. The van der Waals surface area contributed by atoms with E-state index >= 15 is 0 Å². The Kier molecular flexibility index (Phi) is 3.21. The first-order valence-electron chi connectivity index (χ1n) is 6.44. The molecule has 0 radical (unpaired) electrons. The van der Waals surface area contributed by atoms with Crippen LogP contribution in [0.5, 0.6) is 5.75 Å². The van der Waals surface area contributed by atoms with Gasteiger partial charge in [-0.05, 0) is 24.6 Å². The predicted octanol–water partition coefficient (Wildman–Crippen LogP) is 2.32. The number of aryl methyl sites for hydroxylation is 1. The Morgan fingerprint density at radius 1 is 1.32 bits per heavy atom. The summed E-state index contributed by atoms with van der Waals surface area (Å²) in [6.45, 7) is 1.77. The molecule has 0 atom stereocenters. The number of carbonyl (C=O) groups is 1. The van der Waals surface area contributed by atoms with E-state index in [2.05, 4.69) is 4.74 Å². The maximum atomic E-state index is 12.7. The Hall–Kier alpha value is -3.02. The number of methoxy groups -OCH3 is 1. The van der Waals surface area contributed by atoms with Gasteiger partial charge in [0.15, 0.2) is 0 Å². The van der Waals surface area contributed by atoms with Gasteiger partial charge in [0.25, 0.3) is 0 Å². The molecule has 1 aromatic heterocycles. The summed E-state index contributed by atoms with van der Waals surface area (Å²) >= 11 is 0.